The number of rotatable bonds is 5. The number of carbonyl (C=O) groups is 1. The summed E-state index contributed by atoms with van der Waals surface area (Å²) in [5, 5.41) is 14.5. The lowest BCUT2D eigenvalue weighted by Gasteiger charge is -2.11. The van der Waals surface area contributed by atoms with Crippen molar-refractivity contribution in [3.8, 4) is 16.4 Å². The zero-order valence-electron chi connectivity index (χ0n) is 17.0. The van der Waals surface area contributed by atoms with Crippen LogP contribution in [-0.2, 0) is 13.6 Å². The Morgan fingerprint density at radius 3 is 2.87 bits per heavy atom. The van der Waals surface area contributed by atoms with Gasteiger partial charge < -0.3 is 5.32 Å². The fourth-order valence-electron chi connectivity index (χ4n) is 3.61. The molecule has 0 aromatic carbocycles. The Labute approximate surface area is 182 Å². The molecule has 1 N–H and O–H groups in total. The van der Waals surface area contributed by atoms with Crippen molar-refractivity contribution in [2.75, 3.05) is 0 Å². The van der Waals surface area contributed by atoms with E-state index in [2.05, 4.69) is 20.5 Å². The topological polar surface area (TPSA) is 90.5 Å². The second-order valence-electron chi connectivity index (χ2n) is 7.06. The van der Waals surface area contributed by atoms with E-state index >= 15 is 0 Å². The summed E-state index contributed by atoms with van der Waals surface area (Å²) in [5.74, 6) is 0.501. The van der Waals surface area contributed by atoms with Crippen LogP contribution in [0, 0.1) is 6.92 Å². The van der Waals surface area contributed by atoms with E-state index in [-0.39, 0.29) is 5.91 Å². The first kappa shape index (κ1) is 19.1. The van der Waals surface area contributed by atoms with E-state index < -0.39 is 0 Å². The number of aromatic nitrogens is 6. The van der Waals surface area contributed by atoms with Crippen LogP contribution in [0.25, 0.3) is 27.4 Å². The lowest BCUT2D eigenvalue weighted by Crippen LogP contribution is -2.24. The quantitative estimate of drug-likeness (QED) is 0.462. The molecule has 0 unspecified atom stereocenters. The van der Waals surface area contributed by atoms with Crippen molar-refractivity contribution in [2.45, 2.75) is 13.5 Å². The molecule has 0 radical (unpaired) electrons. The van der Waals surface area contributed by atoms with Gasteiger partial charge in [0.1, 0.15) is 0 Å². The van der Waals surface area contributed by atoms with Gasteiger partial charge in [0.05, 0.1) is 27.2 Å². The van der Waals surface area contributed by atoms with Crippen LogP contribution in [0.1, 0.15) is 21.6 Å². The lowest BCUT2D eigenvalue weighted by atomic mass is 10.1. The number of hydrogen-bond donors (Lipinski definition) is 1. The maximum atomic E-state index is 13.3. The molecular weight excluding hydrogens is 410 g/mol. The zero-order chi connectivity index (χ0) is 21.4. The predicted octanol–water partition coefficient (Wildman–Crippen LogP) is 3.52. The highest BCUT2D eigenvalue weighted by Gasteiger charge is 2.20. The molecule has 31 heavy (non-hydrogen) atoms. The first-order chi connectivity index (χ1) is 15.1. The minimum Gasteiger partial charge on any atom is -0.348 e. The summed E-state index contributed by atoms with van der Waals surface area (Å²) in [4.78, 5) is 23.5. The van der Waals surface area contributed by atoms with Gasteiger partial charge in [0.2, 0.25) is 0 Å². The molecule has 5 aromatic rings. The summed E-state index contributed by atoms with van der Waals surface area (Å²) in [6.45, 7) is 2.21. The van der Waals surface area contributed by atoms with Crippen LogP contribution in [0.2, 0.25) is 0 Å². The largest absolute Gasteiger partial charge is 0.348 e. The summed E-state index contributed by atoms with van der Waals surface area (Å²) in [6.07, 6.45) is 5.23. The van der Waals surface area contributed by atoms with Gasteiger partial charge in [0, 0.05) is 37.7 Å². The number of pyridine rings is 2. The molecule has 5 rings (SSSR count). The van der Waals surface area contributed by atoms with Crippen molar-refractivity contribution >= 4 is 28.3 Å². The standard InChI is InChI=1S/C22H19N7OS/c1-14-19-16(12-17(18-7-4-11-31-18)26-21(19)28(2)27-14)22(30)24-13-15-6-3-8-23-20(15)29-10-5-9-25-29/h3-12H,13H2,1-2H3,(H,24,30). The van der Waals surface area contributed by atoms with Crippen molar-refractivity contribution in [3.05, 3.63) is 77.2 Å². The normalized spacial score (nSPS) is 11.2. The monoisotopic (exact) mass is 429 g/mol. The number of nitrogens with zero attached hydrogens (tertiary/aromatic N) is 6. The Morgan fingerprint density at radius 2 is 2.10 bits per heavy atom. The highest BCUT2D eigenvalue weighted by atomic mass is 32.1. The fourth-order valence-corrected chi connectivity index (χ4v) is 4.30. The molecule has 8 nitrogen and oxygen atoms in total. The van der Waals surface area contributed by atoms with Crippen LogP contribution >= 0.6 is 11.3 Å². The number of carbonyl (C=O) groups excluding carboxylic acids is 1. The molecule has 0 saturated heterocycles. The van der Waals surface area contributed by atoms with E-state index in [1.165, 1.54) is 0 Å². The maximum absolute atomic E-state index is 13.3. The molecule has 5 heterocycles. The van der Waals surface area contributed by atoms with Gasteiger partial charge in [-0.15, -0.1) is 11.3 Å². The van der Waals surface area contributed by atoms with Gasteiger partial charge in [-0.2, -0.15) is 10.2 Å². The lowest BCUT2D eigenvalue weighted by molar-refractivity contribution is 0.0952. The SMILES string of the molecule is Cc1nn(C)c2nc(-c3cccs3)cc(C(=O)NCc3cccnc3-n3cccn3)c12. The summed E-state index contributed by atoms with van der Waals surface area (Å²) in [6, 6.07) is 11.4. The third-order valence-electron chi connectivity index (χ3n) is 5.02. The molecular formula is C22H19N7OS. The van der Waals surface area contributed by atoms with Crippen molar-refractivity contribution in [3.63, 3.8) is 0 Å². The van der Waals surface area contributed by atoms with Gasteiger partial charge in [-0.1, -0.05) is 12.1 Å². The Bertz CT molecular complexity index is 1370. The second-order valence-corrected chi connectivity index (χ2v) is 8.01. The van der Waals surface area contributed by atoms with Gasteiger partial charge >= 0.3 is 0 Å². The minimum atomic E-state index is -0.184. The van der Waals surface area contributed by atoms with E-state index in [0.29, 0.717) is 23.6 Å². The van der Waals surface area contributed by atoms with Crippen molar-refractivity contribution in [2.24, 2.45) is 7.05 Å². The van der Waals surface area contributed by atoms with Crippen LogP contribution in [0.15, 0.2) is 60.4 Å². The highest BCUT2D eigenvalue weighted by molar-refractivity contribution is 7.13. The smallest absolute Gasteiger partial charge is 0.252 e. The first-order valence-corrected chi connectivity index (χ1v) is 10.6. The highest BCUT2D eigenvalue weighted by Crippen LogP contribution is 2.29. The molecule has 5 aromatic heterocycles. The van der Waals surface area contributed by atoms with Crippen molar-refractivity contribution in [1.29, 1.82) is 0 Å². The molecule has 0 aliphatic heterocycles. The molecule has 9 heteroatoms. The zero-order valence-corrected chi connectivity index (χ0v) is 17.8. The maximum Gasteiger partial charge on any atom is 0.252 e. The molecule has 154 valence electrons. The Balaban J connectivity index is 1.51. The summed E-state index contributed by atoms with van der Waals surface area (Å²) in [5.41, 5.74) is 3.64. The minimum absolute atomic E-state index is 0.184. The van der Waals surface area contributed by atoms with E-state index in [1.807, 2.05) is 61.9 Å². The average Bonchev–Trinajstić information content (AvgIpc) is 3.55. The third-order valence-corrected chi connectivity index (χ3v) is 5.91. The number of fused-ring (bicyclic) bond motifs is 1. The molecule has 0 aliphatic rings. The van der Waals surface area contributed by atoms with E-state index in [1.54, 1.807) is 33.1 Å². The third kappa shape index (κ3) is 3.49. The van der Waals surface area contributed by atoms with Crippen molar-refractivity contribution < 1.29 is 4.79 Å². The van der Waals surface area contributed by atoms with Gasteiger partial charge in [0.15, 0.2) is 11.5 Å². The fraction of sp³-hybridized carbons (Fsp3) is 0.136. The van der Waals surface area contributed by atoms with Gasteiger partial charge in [-0.3, -0.25) is 9.48 Å². The molecule has 0 fully saturated rings. The van der Waals surface area contributed by atoms with E-state index in [0.717, 1.165) is 27.2 Å². The molecule has 0 spiro atoms. The number of hydrogen-bond acceptors (Lipinski definition) is 6. The van der Waals surface area contributed by atoms with Gasteiger partial charge in [0.25, 0.3) is 5.91 Å². The number of thiophene rings is 1. The van der Waals surface area contributed by atoms with Crippen LogP contribution < -0.4 is 5.32 Å². The molecule has 0 aliphatic carbocycles. The molecule has 1 amide bonds. The van der Waals surface area contributed by atoms with E-state index in [9.17, 15) is 4.79 Å². The Kier molecular flexibility index (Phi) is 4.79. The van der Waals surface area contributed by atoms with Gasteiger partial charge in [-0.05, 0) is 36.6 Å². The van der Waals surface area contributed by atoms with Crippen molar-refractivity contribution in [1.82, 2.24) is 34.8 Å². The van der Waals surface area contributed by atoms with Crippen LogP contribution in [0.5, 0.6) is 0 Å². The summed E-state index contributed by atoms with van der Waals surface area (Å²) < 4.78 is 3.40. The van der Waals surface area contributed by atoms with Gasteiger partial charge in [-0.25, -0.2) is 14.6 Å². The predicted molar refractivity (Wildman–Crippen MR) is 119 cm³/mol. The van der Waals surface area contributed by atoms with Crippen LogP contribution in [-0.4, -0.2) is 35.4 Å². The van der Waals surface area contributed by atoms with E-state index in [4.69, 9.17) is 4.98 Å². The number of aryl methyl sites for hydroxylation is 2. The number of amides is 1. The Hall–Kier alpha value is -3.85. The molecule has 0 saturated carbocycles. The summed E-state index contributed by atoms with van der Waals surface area (Å²) >= 11 is 1.59. The second kappa shape index (κ2) is 7.77. The molecule has 0 bridgehead atoms. The number of nitrogens with one attached hydrogen (secondary N) is 1. The van der Waals surface area contributed by atoms with Crippen LogP contribution in [0.3, 0.4) is 0 Å². The Morgan fingerprint density at radius 1 is 1.19 bits per heavy atom. The molecule has 0 atom stereocenters. The summed E-state index contributed by atoms with van der Waals surface area (Å²) in [7, 11) is 1.84. The first-order valence-electron chi connectivity index (χ1n) is 9.72. The van der Waals surface area contributed by atoms with Crippen LogP contribution in [0.4, 0.5) is 0 Å². The average molecular weight is 430 g/mol.